The lowest BCUT2D eigenvalue weighted by Crippen LogP contribution is -2.17. The third kappa shape index (κ3) is 7.24. The molecule has 0 aromatic carbocycles. The first-order valence-electron chi connectivity index (χ1n) is 8.29. The van der Waals surface area contributed by atoms with E-state index < -0.39 is 11.7 Å². The number of aliphatic hydroxyl groups is 2. The number of allylic oxidation sites excluding steroid dienone is 5. The number of hydrogen-bond donors (Lipinski definition) is 2. The summed E-state index contributed by atoms with van der Waals surface area (Å²) in [7, 11) is 0. The summed E-state index contributed by atoms with van der Waals surface area (Å²) in [4.78, 5) is 0. The monoisotopic (exact) mass is 304 g/mol. The highest BCUT2D eigenvalue weighted by molar-refractivity contribution is 5.18. The molecule has 2 nitrogen and oxygen atoms in total. The average Bonchev–Trinajstić information content (AvgIpc) is 2.40. The second-order valence-corrected chi connectivity index (χ2v) is 7.16. The lowest BCUT2D eigenvalue weighted by molar-refractivity contribution is 0.133. The number of hydrogen-bond acceptors (Lipinski definition) is 2. The molecule has 0 aromatic rings. The van der Waals surface area contributed by atoms with Crippen molar-refractivity contribution in [2.75, 3.05) is 0 Å². The van der Waals surface area contributed by atoms with Gasteiger partial charge in [-0.05, 0) is 71.3 Å². The third-order valence-corrected chi connectivity index (χ3v) is 4.33. The summed E-state index contributed by atoms with van der Waals surface area (Å²) in [5.74, 6) is 0.347. The Kier molecular flexibility index (Phi) is 7.31. The van der Waals surface area contributed by atoms with E-state index in [1.165, 1.54) is 11.1 Å². The third-order valence-electron chi connectivity index (χ3n) is 4.33. The van der Waals surface area contributed by atoms with E-state index in [1.807, 2.05) is 6.08 Å². The summed E-state index contributed by atoms with van der Waals surface area (Å²) in [5.41, 5.74) is 2.82. The molecular formula is C20H32O2. The van der Waals surface area contributed by atoms with Crippen LogP contribution in [0.3, 0.4) is 0 Å². The molecule has 0 saturated carbocycles. The predicted octanol–water partition coefficient (Wildman–Crippen LogP) is 4.70. The highest BCUT2D eigenvalue weighted by Crippen LogP contribution is 2.29. The van der Waals surface area contributed by atoms with Gasteiger partial charge in [-0.15, -0.1) is 0 Å². The van der Waals surface area contributed by atoms with Gasteiger partial charge in [0.2, 0.25) is 0 Å². The maximum atomic E-state index is 10.3. The van der Waals surface area contributed by atoms with Crippen molar-refractivity contribution in [3.63, 3.8) is 0 Å². The molecule has 0 heterocycles. The summed E-state index contributed by atoms with van der Waals surface area (Å²) in [5, 5.41) is 20.1. The van der Waals surface area contributed by atoms with E-state index in [0.717, 1.165) is 37.7 Å². The zero-order chi connectivity index (χ0) is 16.8. The molecule has 2 N–H and O–H groups in total. The molecule has 1 aliphatic rings. The zero-order valence-corrected chi connectivity index (χ0v) is 14.6. The molecule has 0 aromatic heterocycles. The summed E-state index contributed by atoms with van der Waals surface area (Å²) in [6.45, 7) is 11.9. The minimum Gasteiger partial charge on any atom is -0.389 e. The Morgan fingerprint density at radius 2 is 2.05 bits per heavy atom. The van der Waals surface area contributed by atoms with Crippen LogP contribution in [0.2, 0.25) is 0 Å². The molecule has 0 unspecified atom stereocenters. The first-order valence-corrected chi connectivity index (χ1v) is 8.29. The molecule has 124 valence electrons. The molecule has 0 radical (unpaired) electrons. The first-order chi connectivity index (χ1) is 10.2. The van der Waals surface area contributed by atoms with Gasteiger partial charge in [0.1, 0.15) is 0 Å². The van der Waals surface area contributed by atoms with Crippen LogP contribution in [0.1, 0.15) is 59.8 Å². The quantitative estimate of drug-likeness (QED) is 0.586. The summed E-state index contributed by atoms with van der Waals surface area (Å²) >= 11 is 0. The molecule has 0 saturated heterocycles. The van der Waals surface area contributed by atoms with Crippen molar-refractivity contribution in [1.29, 1.82) is 0 Å². The Labute approximate surface area is 135 Å². The van der Waals surface area contributed by atoms with Gasteiger partial charge in [0, 0.05) is 0 Å². The second kappa shape index (κ2) is 8.50. The molecule has 0 spiro atoms. The fraction of sp³-hybridized carbons (Fsp3) is 0.600. The number of rotatable bonds is 3. The molecule has 0 amide bonds. The molecule has 2 atom stereocenters. The maximum absolute atomic E-state index is 10.3. The van der Waals surface area contributed by atoms with Crippen LogP contribution in [-0.4, -0.2) is 21.9 Å². The Bertz CT molecular complexity index is 461. The van der Waals surface area contributed by atoms with Crippen molar-refractivity contribution in [3.05, 3.63) is 47.6 Å². The topological polar surface area (TPSA) is 40.5 Å². The van der Waals surface area contributed by atoms with Crippen molar-refractivity contribution >= 4 is 0 Å². The summed E-state index contributed by atoms with van der Waals surface area (Å²) in [6, 6.07) is 0. The van der Waals surface area contributed by atoms with E-state index >= 15 is 0 Å². The highest BCUT2D eigenvalue weighted by atomic mass is 16.3. The van der Waals surface area contributed by atoms with Crippen LogP contribution in [-0.2, 0) is 0 Å². The van der Waals surface area contributed by atoms with Gasteiger partial charge >= 0.3 is 0 Å². The van der Waals surface area contributed by atoms with Gasteiger partial charge in [-0.1, -0.05) is 42.0 Å². The van der Waals surface area contributed by atoms with Gasteiger partial charge in [-0.2, -0.15) is 0 Å². The van der Waals surface area contributed by atoms with E-state index in [2.05, 4.69) is 32.6 Å². The van der Waals surface area contributed by atoms with E-state index in [9.17, 15) is 10.2 Å². The second-order valence-electron chi connectivity index (χ2n) is 7.16. The van der Waals surface area contributed by atoms with Crippen LogP contribution < -0.4 is 0 Å². The van der Waals surface area contributed by atoms with Crippen LogP contribution in [0.25, 0.3) is 0 Å². The van der Waals surface area contributed by atoms with Gasteiger partial charge in [0.25, 0.3) is 0 Å². The van der Waals surface area contributed by atoms with Crippen LogP contribution in [0.5, 0.6) is 0 Å². The lowest BCUT2D eigenvalue weighted by atomic mass is 9.84. The predicted molar refractivity (Wildman–Crippen MR) is 94.7 cm³/mol. The van der Waals surface area contributed by atoms with Crippen molar-refractivity contribution < 1.29 is 10.2 Å². The average molecular weight is 304 g/mol. The molecule has 22 heavy (non-hydrogen) atoms. The summed E-state index contributed by atoms with van der Waals surface area (Å²) in [6.07, 6.45) is 12.3. The molecule has 0 aliphatic heterocycles. The number of aliphatic hydroxyl groups excluding tert-OH is 1. The van der Waals surface area contributed by atoms with Crippen LogP contribution >= 0.6 is 0 Å². The molecule has 2 heteroatoms. The van der Waals surface area contributed by atoms with Gasteiger partial charge in [-0.25, -0.2) is 0 Å². The van der Waals surface area contributed by atoms with E-state index in [4.69, 9.17) is 0 Å². The maximum Gasteiger partial charge on any atom is 0.0774 e. The zero-order valence-electron chi connectivity index (χ0n) is 14.6. The lowest BCUT2D eigenvalue weighted by Gasteiger charge is -2.24. The largest absolute Gasteiger partial charge is 0.389 e. The first kappa shape index (κ1) is 18.9. The van der Waals surface area contributed by atoms with Crippen molar-refractivity contribution in [2.45, 2.75) is 71.5 Å². The Morgan fingerprint density at radius 1 is 1.36 bits per heavy atom. The van der Waals surface area contributed by atoms with Gasteiger partial charge in [0.05, 0.1) is 11.7 Å². The Balaban J connectivity index is 2.85. The molecule has 0 fully saturated rings. The fourth-order valence-corrected chi connectivity index (χ4v) is 2.71. The van der Waals surface area contributed by atoms with Crippen molar-refractivity contribution in [1.82, 2.24) is 0 Å². The van der Waals surface area contributed by atoms with E-state index in [0.29, 0.717) is 5.92 Å². The van der Waals surface area contributed by atoms with Gasteiger partial charge < -0.3 is 10.2 Å². The normalized spacial score (nSPS) is 28.5. The molecular weight excluding hydrogens is 272 g/mol. The van der Waals surface area contributed by atoms with Gasteiger partial charge in [0.15, 0.2) is 0 Å². The van der Waals surface area contributed by atoms with Crippen LogP contribution in [0.15, 0.2) is 47.6 Å². The highest BCUT2D eigenvalue weighted by Gasteiger charge is 2.19. The summed E-state index contributed by atoms with van der Waals surface area (Å²) < 4.78 is 0. The SMILES string of the molecule is C=C1CC/C=C(/C)CC[C@H](/C(C)=C/C=C/C(C)(C)O)C[C@H]1O. The molecule has 1 aliphatic carbocycles. The van der Waals surface area contributed by atoms with Crippen LogP contribution in [0, 0.1) is 5.92 Å². The molecule has 1 rings (SSSR count). The van der Waals surface area contributed by atoms with Crippen molar-refractivity contribution in [3.8, 4) is 0 Å². The fourth-order valence-electron chi connectivity index (χ4n) is 2.71. The molecule has 0 bridgehead atoms. The van der Waals surface area contributed by atoms with Crippen molar-refractivity contribution in [2.24, 2.45) is 5.92 Å². The minimum atomic E-state index is -0.791. The van der Waals surface area contributed by atoms with E-state index in [-0.39, 0.29) is 0 Å². The Hall–Kier alpha value is -1.12. The Morgan fingerprint density at radius 3 is 2.68 bits per heavy atom. The smallest absolute Gasteiger partial charge is 0.0774 e. The van der Waals surface area contributed by atoms with E-state index in [1.54, 1.807) is 19.9 Å². The minimum absolute atomic E-state index is 0.347. The van der Waals surface area contributed by atoms with Crippen LogP contribution in [0.4, 0.5) is 0 Å². The van der Waals surface area contributed by atoms with Gasteiger partial charge in [-0.3, -0.25) is 0 Å². The standard InChI is InChI=1S/C20H32O2/c1-15-8-6-9-17(3)19(21)14-18(12-11-15)16(2)10-7-13-20(4,5)22/h7-8,10,13,18-19,21-22H,3,6,9,11-12,14H2,1-2,4-5H3/b13-7+,15-8-,16-10+/t18-,19+/m0/s1.